The highest BCUT2D eigenvalue weighted by Gasteiger charge is 2.15. The predicted molar refractivity (Wildman–Crippen MR) is 108 cm³/mol. The van der Waals surface area contributed by atoms with Gasteiger partial charge in [-0.1, -0.05) is 64.5 Å². The van der Waals surface area contributed by atoms with Crippen LogP contribution in [0.2, 0.25) is 0 Å². The van der Waals surface area contributed by atoms with Crippen LogP contribution in [0.1, 0.15) is 97.3 Å². The topological polar surface area (TPSA) is 72.8 Å². The quantitative estimate of drug-likeness (QED) is 0.202. The Morgan fingerprint density at radius 2 is 1.44 bits per heavy atom. The molecule has 0 aliphatic rings. The van der Waals surface area contributed by atoms with Crippen molar-refractivity contribution in [3.05, 3.63) is 12.2 Å². The van der Waals surface area contributed by atoms with E-state index < -0.39 is 6.10 Å². The van der Waals surface area contributed by atoms with Crippen molar-refractivity contribution in [2.75, 3.05) is 13.2 Å². The minimum Gasteiger partial charge on any atom is -0.462 e. The standard InChI is InChI=1S/C22H40O5/c1-3-5-6-7-8-9-10-11-12-13-14-15-17-21(24)26-19-20(18-23)27-22(25)16-4-2/h6-7,20,23H,3-5,8-19H2,1-2H3/b7-6+/t20-/m0/s1. The van der Waals surface area contributed by atoms with E-state index in [9.17, 15) is 14.7 Å². The third kappa shape index (κ3) is 17.8. The van der Waals surface area contributed by atoms with Crippen LogP contribution in [0.25, 0.3) is 0 Å². The first-order valence-electron chi connectivity index (χ1n) is 10.7. The number of hydrogen-bond acceptors (Lipinski definition) is 5. The average Bonchev–Trinajstić information content (AvgIpc) is 2.66. The van der Waals surface area contributed by atoms with E-state index in [4.69, 9.17) is 9.47 Å². The Labute approximate surface area is 165 Å². The molecule has 0 heterocycles. The van der Waals surface area contributed by atoms with E-state index in [1.54, 1.807) is 0 Å². The second-order valence-corrected chi connectivity index (χ2v) is 7.00. The van der Waals surface area contributed by atoms with Crippen molar-refractivity contribution in [2.45, 2.75) is 103 Å². The third-order valence-electron chi connectivity index (χ3n) is 4.26. The molecule has 0 aromatic rings. The van der Waals surface area contributed by atoms with Crippen LogP contribution in [-0.4, -0.2) is 36.4 Å². The minimum absolute atomic E-state index is 0.0719. The Morgan fingerprint density at radius 1 is 0.815 bits per heavy atom. The number of hydrogen-bond donors (Lipinski definition) is 1. The van der Waals surface area contributed by atoms with E-state index in [0.29, 0.717) is 19.3 Å². The fourth-order valence-corrected chi connectivity index (χ4v) is 2.65. The van der Waals surface area contributed by atoms with Gasteiger partial charge in [-0.15, -0.1) is 0 Å². The Bertz CT molecular complexity index is 392. The molecule has 0 aliphatic heterocycles. The zero-order valence-corrected chi connectivity index (χ0v) is 17.4. The Morgan fingerprint density at radius 3 is 2.07 bits per heavy atom. The average molecular weight is 385 g/mol. The van der Waals surface area contributed by atoms with Gasteiger partial charge in [0.05, 0.1) is 6.61 Å². The number of rotatable bonds is 18. The van der Waals surface area contributed by atoms with Crippen LogP contribution in [0.4, 0.5) is 0 Å². The van der Waals surface area contributed by atoms with Gasteiger partial charge in [0, 0.05) is 12.8 Å². The lowest BCUT2D eigenvalue weighted by Crippen LogP contribution is -2.28. The van der Waals surface area contributed by atoms with Crippen LogP contribution in [0, 0.1) is 0 Å². The van der Waals surface area contributed by atoms with Gasteiger partial charge in [0.2, 0.25) is 0 Å². The van der Waals surface area contributed by atoms with Gasteiger partial charge in [-0.2, -0.15) is 0 Å². The molecular formula is C22H40O5. The lowest BCUT2D eigenvalue weighted by molar-refractivity contribution is -0.161. The number of carbonyl (C=O) groups excluding carboxylic acids is 2. The molecule has 1 atom stereocenters. The summed E-state index contributed by atoms with van der Waals surface area (Å²) in [5, 5.41) is 9.17. The zero-order valence-electron chi connectivity index (χ0n) is 17.4. The van der Waals surface area contributed by atoms with E-state index >= 15 is 0 Å². The summed E-state index contributed by atoms with van der Waals surface area (Å²) < 4.78 is 10.1. The molecule has 0 saturated carbocycles. The molecule has 0 unspecified atom stereocenters. The maximum atomic E-state index is 11.7. The molecule has 0 radical (unpaired) electrons. The minimum atomic E-state index is -0.759. The van der Waals surface area contributed by atoms with Gasteiger partial charge in [-0.3, -0.25) is 9.59 Å². The van der Waals surface area contributed by atoms with Crippen molar-refractivity contribution in [2.24, 2.45) is 0 Å². The maximum absolute atomic E-state index is 11.7. The number of carbonyl (C=O) groups is 2. The summed E-state index contributed by atoms with van der Waals surface area (Å²) in [6, 6.07) is 0. The highest BCUT2D eigenvalue weighted by Crippen LogP contribution is 2.11. The first-order valence-corrected chi connectivity index (χ1v) is 10.7. The van der Waals surface area contributed by atoms with Crippen molar-refractivity contribution < 1.29 is 24.2 Å². The Balaban J connectivity index is 3.51. The molecule has 5 nitrogen and oxygen atoms in total. The summed E-state index contributed by atoms with van der Waals surface area (Å²) in [6.07, 6.45) is 16.8. The van der Waals surface area contributed by atoms with Gasteiger partial charge >= 0.3 is 11.9 Å². The molecule has 0 aromatic carbocycles. The van der Waals surface area contributed by atoms with Crippen molar-refractivity contribution in [3.63, 3.8) is 0 Å². The second kappa shape index (κ2) is 19.4. The molecule has 0 aliphatic carbocycles. The molecule has 0 saturated heterocycles. The summed E-state index contributed by atoms with van der Waals surface area (Å²) >= 11 is 0. The maximum Gasteiger partial charge on any atom is 0.306 e. The van der Waals surface area contributed by atoms with Crippen LogP contribution < -0.4 is 0 Å². The molecule has 1 N–H and O–H groups in total. The zero-order chi connectivity index (χ0) is 20.2. The smallest absolute Gasteiger partial charge is 0.306 e. The van der Waals surface area contributed by atoms with Crippen LogP contribution in [-0.2, 0) is 19.1 Å². The molecule has 0 rings (SSSR count). The van der Waals surface area contributed by atoms with Crippen molar-refractivity contribution in [1.82, 2.24) is 0 Å². The monoisotopic (exact) mass is 384 g/mol. The summed E-state index contributed by atoms with van der Waals surface area (Å²) in [6.45, 7) is 3.66. The number of aliphatic hydroxyl groups is 1. The largest absolute Gasteiger partial charge is 0.462 e. The molecule has 0 fully saturated rings. The summed E-state index contributed by atoms with van der Waals surface area (Å²) in [5.41, 5.74) is 0. The number of esters is 2. The van der Waals surface area contributed by atoms with Crippen LogP contribution in [0.5, 0.6) is 0 Å². The molecule has 0 aromatic heterocycles. The number of aliphatic hydroxyl groups excluding tert-OH is 1. The molecule has 0 bridgehead atoms. The lowest BCUT2D eigenvalue weighted by Gasteiger charge is -2.15. The highest BCUT2D eigenvalue weighted by atomic mass is 16.6. The fourth-order valence-electron chi connectivity index (χ4n) is 2.65. The summed E-state index contributed by atoms with van der Waals surface area (Å²) in [5.74, 6) is -0.663. The SMILES string of the molecule is CCC/C=C/CCCCCCCCCC(=O)OC[C@H](CO)OC(=O)CCC. The Kier molecular flexibility index (Phi) is 18.4. The van der Waals surface area contributed by atoms with Crippen LogP contribution in [0.3, 0.4) is 0 Å². The number of allylic oxidation sites excluding steroid dienone is 2. The first-order chi connectivity index (χ1) is 13.1. The highest BCUT2D eigenvalue weighted by molar-refractivity contribution is 5.70. The van der Waals surface area contributed by atoms with Crippen molar-refractivity contribution in [1.29, 1.82) is 0 Å². The van der Waals surface area contributed by atoms with Gasteiger partial charge in [0.1, 0.15) is 6.61 Å². The van der Waals surface area contributed by atoms with E-state index in [1.165, 1.54) is 44.9 Å². The van der Waals surface area contributed by atoms with Gasteiger partial charge in [0.15, 0.2) is 6.10 Å². The Hall–Kier alpha value is -1.36. The summed E-state index contributed by atoms with van der Waals surface area (Å²) in [7, 11) is 0. The molecule has 5 heteroatoms. The van der Waals surface area contributed by atoms with E-state index in [2.05, 4.69) is 19.1 Å². The van der Waals surface area contributed by atoms with Crippen LogP contribution >= 0.6 is 0 Å². The van der Waals surface area contributed by atoms with Gasteiger partial charge < -0.3 is 14.6 Å². The number of unbranched alkanes of at least 4 members (excludes halogenated alkanes) is 8. The number of ether oxygens (including phenoxy) is 2. The van der Waals surface area contributed by atoms with E-state index in [-0.39, 0.29) is 25.2 Å². The van der Waals surface area contributed by atoms with E-state index in [1.807, 2.05) is 6.92 Å². The van der Waals surface area contributed by atoms with Crippen LogP contribution in [0.15, 0.2) is 12.2 Å². The predicted octanol–water partition coefficient (Wildman–Crippen LogP) is 5.10. The summed E-state index contributed by atoms with van der Waals surface area (Å²) in [4.78, 5) is 23.1. The molecule has 0 amide bonds. The molecular weight excluding hydrogens is 344 g/mol. The second-order valence-electron chi connectivity index (χ2n) is 7.00. The lowest BCUT2D eigenvalue weighted by atomic mass is 10.1. The molecule has 0 spiro atoms. The van der Waals surface area contributed by atoms with E-state index in [0.717, 1.165) is 19.3 Å². The van der Waals surface area contributed by atoms with Gasteiger partial charge in [-0.25, -0.2) is 0 Å². The normalized spacial score (nSPS) is 12.3. The van der Waals surface area contributed by atoms with Crippen molar-refractivity contribution in [3.8, 4) is 0 Å². The molecule has 158 valence electrons. The third-order valence-corrected chi connectivity index (χ3v) is 4.26. The van der Waals surface area contributed by atoms with Gasteiger partial charge in [-0.05, 0) is 32.1 Å². The van der Waals surface area contributed by atoms with Crippen molar-refractivity contribution >= 4 is 11.9 Å². The van der Waals surface area contributed by atoms with Gasteiger partial charge in [0.25, 0.3) is 0 Å². The first kappa shape index (κ1) is 25.6. The fraction of sp³-hybridized carbons (Fsp3) is 0.818. The molecule has 27 heavy (non-hydrogen) atoms.